The highest BCUT2D eigenvalue weighted by Gasteiger charge is 2.11. The van der Waals surface area contributed by atoms with Crippen LogP contribution in [0.2, 0.25) is 0 Å². The fraction of sp³-hybridized carbons (Fsp3) is 0.407. The van der Waals surface area contributed by atoms with Gasteiger partial charge in [-0.1, -0.05) is 7.43 Å². The third kappa shape index (κ3) is 6.31. The number of nitrogens with two attached hydrogens (primary N) is 1. The fourth-order valence-electron chi connectivity index (χ4n) is 3.99. The topological polar surface area (TPSA) is 184 Å². The lowest BCUT2D eigenvalue weighted by Gasteiger charge is -2.06. The van der Waals surface area contributed by atoms with E-state index < -0.39 is 0 Å². The Morgan fingerprint density at radius 3 is 1.76 bits per heavy atom. The number of hydrogen-bond acceptors (Lipinski definition) is 9. The first-order chi connectivity index (χ1) is 19.0. The number of aromatic nitrogens is 11. The Hall–Kier alpha value is -4.88. The summed E-state index contributed by atoms with van der Waals surface area (Å²) in [7, 11) is 0. The summed E-state index contributed by atoms with van der Waals surface area (Å²) in [4.78, 5) is 52.6. The van der Waals surface area contributed by atoms with Crippen LogP contribution in [0.3, 0.4) is 0 Å². The van der Waals surface area contributed by atoms with Crippen LogP contribution in [-0.2, 0) is 0 Å². The Balaban J connectivity index is 0.000000167. The SMILES string of the molecule is C.CC(C)n1cnc2c(=O)[nH]cnc21.CC(C)n1cnc2c(N)ccnc21.Cc1nc2c(ncn2C(C)C)c(=O)[nH]1. The van der Waals surface area contributed by atoms with Gasteiger partial charge < -0.3 is 29.4 Å². The molecule has 0 saturated heterocycles. The minimum absolute atomic E-state index is 0. The standard InChI is InChI=1S/C9H12N4O.C9H12N4.C8H10N4O.CH4/c1-5(2)13-4-10-7-8(13)11-6(3)12-9(7)14;1-6(2)13-5-12-8-7(10)3-4-11-9(8)13;1-5(2)12-4-11-6-7(12)9-3-10-8(6)13;/h4-5H,1-3H3,(H,11,12,14);3-6H,1-2H3,(H2,10,11);3-5H,1-2H3,(H,9,10,13);1H4. The molecule has 0 aliphatic heterocycles. The van der Waals surface area contributed by atoms with Crippen LogP contribution in [0.25, 0.3) is 33.5 Å². The van der Waals surface area contributed by atoms with Crippen LogP contribution < -0.4 is 16.9 Å². The number of pyridine rings is 1. The highest BCUT2D eigenvalue weighted by molar-refractivity contribution is 5.83. The Bertz CT molecular complexity index is 1870. The molecule has 0 bridgehead atoms. The number of aromatic amines is 2. The minimum atomic E-state index is -0.190. The zero-order valence-electron chi connectivity index (χ0n) is 23.6. The molecule has 0 amide bonds. The molecule has 0 aliphatic rings. The second kappa shape index (κ2) is 12.5. The Kier molecular flexibility index (Phi) is 9.37. The van der Waals surface area contributed by atoms with Crippen molar-refractivity contribution in [3.63, 3.8) is 0 Å². The van der Waals surface area contributed by atoms with E-state index in [2.05, 4.69) is 53.7 Å². The molecule has 218 valence electrons. The van der Waals surface area contributed by atoms with Crippen molar-refractivity contribution in [2.45, 2.75) is 74.0 Å². The quantitative estimate of drug-likeness (QED) is 0.287. The van der Waals surface area contributed by atoms with Gasteiger partial charge in [0, 0.05) is 24.3 Å². The number of nitrogens with zero attached hydrogens (tertiary/aromatic N) is 9. The lowest BCUT2D eigenvalue weighted by Crippen LogP contribution is -2.11. The Morgan fingerprint density at radius 2 is 1.20 bits per heavy atom. The number of nitrogens with one attached hydrogen (secondary N) is 2. The van der Waals surface area contributed by atoms with Gasteiger partial charge in [0.05, 0.1) is 31.0 Å². The molecule has 0 spiro atoms. The molecular formula is C27H38N12O2. The molecule has 0 aromatic carbocycles. The molecule has 0 unspecified atom stereocenters. The van der Waals surface area contributed by atoms with Crippen LogP contribution in [0.15, 0.2) is 47.2 Å². The third-order valence-corrected chi connectivity index (χ3v) is 6.08. The Labute approximate surface area is 236 Å². The van der Waals surface area contributed by atoms with Gasteiger partial charge in [-0.25, -0.2) is 29.9 Å². The zero-order chi connectivity index (χ0) is 29.1. The second-order valence-electron chi connectivity index (χ2n) is 10.0. The first-order valence-electron chi connectivity index (χ1n) is 12.9. The molecule has 14 nitrogen and oxygen atoms in total. The predicted octanol–water partition coefficient (Wildman–Crippen LogP) is 3.94. The lowest BCUT2D eigenvalue weighted by atomic mass is 10.3. The zero-order valence-corrected chi connectivity index (χ0v) is 23.6. The highest BCUT2D eigenvalue weighted by Crippen LogP contribution is 2.19. The largest absolute Gasteiger partial charge is 0.397 e. The van der Waals surface area contributed by atoms with Gasteiger partial charge in [-0.2, -0.15) is 0 Å². The van der Waals surface area contributed by atoms with Crippen LogP contribution in [0.4, 0.5) is 5.69 Å². The lowest BCUT2D eigenvalue weighted by molar-refractivity contribution is 0.612. The van der Waals surface area contributed by atoms with Crippen molar-refractivity contribution in [2.75, 3.05) is 5.73 Å². The first-order valence-corrected chi connectivity index (χ1v) is 12.9. The number of rotatable bonds is 3. The molecule has 0 radical (unpaired) electrons. The number of nitrogen functional groups attached to an aromatic ring is 1. The van der Waals surface area contributed by atoms with Gasteiger partial charge >= 0.3 is 0 Å². The van der Waals surface area contributed by atoms with Crippen molar-refractivity contribution in [3.8, 4) is 0 Å². The van der Waals surface area contributed by atoms with Gasteiger partial charge in [0.1, 0.15) is 11.3 Å². The maximum Gasteiger partial charge on any atom is 0.279 e. The van der Waals surface area contributed by atoms with E-state index in [1.807, 2.05) is 41.4 Å². The fourth-order valence-corrected chi connectivity index (χ4v) is 3.99. The van der Waals surface area contributed by atoms with E-state index in [4.69, 9.17) is 5.73 Å². The molecule has 0 saturated carbocycles. The first kappa shape index (κ1) is 30.7. The van der Waals surface area contributed by atoms with E-state index in [-0.39, 0.29) is 30.6 Å². The smallest absolute Gasteiger partial charge is 0.279 e. The maximum absolute atomic E-state index is 11.5. The minimum Gasteiger partial charge on any atom is -0.397 e. The van der Waals surface area contributed by atoms with E-state index in [0.717, 1.165) is 11.2 Å². The average molecular weight is 563 g/mol. The van der Waals surface area contributed by atoms with Gasteiger partial charge in [0.15, 0.2) is 28.0 Å². The molecule has 6 aromatic rings. The molecule has 6 rings (SSSR count). The van der Waals surface area contributed by atoms with E-state index in [1.165, 1.54) is 6.33 Å². The van der Waals surface area contributed by atoms with Crippen LogP contribution in [0.5, 0.6) is 0 Å². The number of H-pyrrole nitrogens is 2. The maximum atomic E-state index is 11.5. The van der Waals surface area contributed by atoms with Crippen LogP contribution in [0, 0.1) is 6.92 Å². The normalized spacial score (nSPS) is 11.1. The molecule has 41 heavy (non-hydrogen) atoms. The van der Waals surface area contributed by atoms with E-state index in [9.17, 15) is 9.59 Å². The van der Waals surface area contributed by atoms with Crippen molar-refractivity contribution >= 4 is 39.2 Å². The summed E-state index contributed by atoms with van der Waals surface area (Å²) in [5.74, 6) is 0.616. The van der Waals surface area contributed by atoms with Crippen molar-refractivity contribution < 1.29 is 0 Å². The summed E-state index contributed by atoms with van der Waals surface area (Å²) in [5.41, 5.74) is 9.82. The van der Waals surface area contributed by atoms with E-state index in [0.29, 0.717) is 39.9 Å². The molecular weight excluding hydrogens is 524 g/mol. The van der Waals surface area contributed by atoms with Crippen LogP contribution in [0.1, 0.15) is 72.9 Å². The van der Waals surface area contributed by atoms with E-state index >= 15 is 0 Å². The molecule has 6 aromatic heterocycles. The number of fused-ring (bicyclic) bond motifs is 3. The Morgan fingerprint density at radius 1 is 0.707 bits per heavy atom. The summed E-state index contributed by atoms with van der Waals surface area (Å²) in [6.45, 7) is 14.0. The van der Waals surface area contributed by atoms with Crippen molar-refractivity contribution in [1.29, 1.82) is 0 Å². The summed E-state index contributed by atoms with van der Waals surface area (Å²) in [6, 6.07) is 2.65. The van der Waals surface area contributed by atoms with Crippen molar-refractivity contribution in [3.05, 3.63) is 64.1 Å². The van der Waals surface area contributed by atoms with Gasteiger partial charge in [0.25, 0.3) is 11.1 Å². The molecule has 14 heteroatoms. The van der Waals surface area contributed by atoms with Gasteiger partial charge in [0.2, 0.25) is 0 Å². The monoisotopic (exact) mass is 562 g/mol. The molecule has 0 aliphatic carbocycles. The molecule has 0 fully saturated rings. The van der Waals surface area contributed by atoms with Crippen LogP contribution >= 0.6 is 0 Å². The molecule has 4 N–H and O–H groups in total. The van der Waals surface area contributed by atoms with Gasteiger partial charge in [-0.05, 0) is 54.5 Å². The number of aryl methyl sites for hydroxylation is 1. The molecule has 0 atom stereocenters. The summed E-state index contributed by atoms with van der Waals surface area (Å²) >= 11 is 0. The number of anilines is 1. The van der Waals surface area contributed by atoms with Crippen molar-refractivity contribution in [1.82, 2.24) is 53.6 Å². The third-order valence-electron chi connectivity index (χ3n) is 6.08. The van der Waals surface area contributed by atoms with Crippen LogP contribution in [-0.4, -0.2) is 53.6 Å². The average Bonchev–Trinajstić information content (AvgIpc) is 3.62. The number of imidazole rings is 3. The van der Waals surface area contributed by atoms with E-state index in [1.54, 1.807) is 38.2 Å². The van der Waals surface area contributed by atoms with Gasteiger partial charge in [-0.3, -0.25) is 9.59 Å². The summed E-state index contributed by atoms with van der Waals surface area (Å²) in [6.07, 6.45) is 8.16. The summed E-state index contributed by atoms with van der Waals surface area (Å²) in [5, 5.41) is 0. The van der Waals surface area contributed by atoms with Gasteiger partial charge in [-0.15, -0.1) is 0 Å². The number of hydrogen-bond donors (Lipinski definition) is 3. The van der Waals surface area contributed by atoms with Crippen molar-refractivity contribution in [2.24, 2.45) is 0 Å². The second-order valence-corrected chi connectivity index (χ2v) is 10.0. The predicted molar refractivity (Wildman–Crippen MR) is 161 cm³/mol. The molecule has 6 heterocycles. The highest BCUT2D eigenvalue weighted by atomic mass is 16.1. The summed E-state index contributed by atoms with van der Waals surface area (Å²) < 4.78 is 5.76.